The van der Waals surface area contributed by atoms with Crippen molar-refractivity contribution in [1.29, 1.82) is 0 Å². The Morgan fingerprint density at radius 2 is 2.38 bits per heavy atom. The molecule has 1 heterocycles. The van der Waals surface area contributed by atoms with Crippen LogP contribution in [0.5, 0.6) is 0 Å². The van der Waals surface area contributed by atoms with Crippen molar-refractivity contribution < 1.29 is 0 Å². The SMILES string of the molecule is O=Nc1nnc(I)s1. The first-order valence-electron chi connectivity index (χ1n) is 1.65. The quantitative estimate of drug-likeness (QED) is 0.553. The molecule has 0 aliphatic carbocycles. The smallest absolute Gasteiger partial charge is 0.142 e. The average Bonchev–Trinajstić information content (AvgIpc) is 2.14. The number of hydrogen-bond acceptors (Lipinski definition) is 5. The standard InChI is InChI=1S/C2IN3OS/c3-1-4-5-2(6-7)8-1. The molecular formula is C2IN3OS. The Bertz CT molecular complexity index is 199. The molecule has 42 valence electrons. The summed E-state index contributed by atoms with van der Waals surface area (Å²) in [7, 11) is 0. The number of aromatic nitrogens is 2. The normalized spacial score (nSPS) is 9.12. The Kier molecular flexibility index (Phi) is 1.84. The summed E-state index contributed by atoms with van der Waals surface area (Å²) < 4.78 is 0.734. The number of hydrogen-bond donors (Lipinski definition) is 0. The maximum Gasteiger partial charge on any atom is 0.274 e. The van der Waals surface area contributed by atoms with E-state index in [-0.39, 0.29) is 5.13 Å². The predicted octanol–water partition coefficient (Wildman–Crippen LogP) is 1.54. The lowest BCUT2D eigenvalue weighted by molar-refractivity contribution is 1.06. The minimum absolute atomic E-state index is 0.189. The van der Waals surface area contributed by atoms with Crippen LogP contribution in [0, 0.1) is 7.92 Å². The molecule has 0 saturated heterocycles. The second-order valence-corrected chi connectivity index (χ2v) is 3.64. The van der Waals surface area contributed by atoms with Crippen molar-refractivity contribution >= 4 is 39.1 Å². The molecule has 1 rings (SSSR count). The minimum atomic E-state index is 0.189. The average molecular weight is 241 g/mol. The molecule has 8 heavy (non-hydrogen) atoms. The van der Waals surface area contributed by atoms with E-state index in [1.807, 2.05) is 22.6 Å². The van der Waals surface area contributed by atoms with Crippen LogP contribution in [0.25, 0.3) is 0 Å². The summed E-state index contributed by atoms with van der Waals surface area (Å²) in [6, 6.07) is 0. The summed E-state index contributed by atoms with van der Waals surface area (Å²) in [4.78, 5) is 9.67. The van der Waals surface area contributed by atoms with Crippen LogP contribution in [0.15, 0.2) is 5.18 Å². The lowest BCUT2D eigenvalue weighted by Gasteiger charge is -1.62. The summed E-state index contributed by atoms with van der Waals surface area (Å²) in [6.45, 7) is 0. The molecular weight excluding hydrogens is 241 g/mol. The highest BCUT2D eigenvalue weighted by Gasteiger charge is 1.97. The fourth-order valence-corrected chi connectivity index (χ4v) is 1.29. The van der Waals surface area contributed by atoms with E-state index < -0.39 is 0 Å². The third-order valence-electron chi connectivity index (χ3n) is 0.468. The van der Waals surface area contributed by atoms with Crippen LogP contribution in [-0.2, 0) is 0 Å². The topological polar surface area (TPSA) is 55.2 Å². The van der Waals surface area contributed by atoms with Gasteiger partial charge in [0.15, 0.2) is 3.01 Å². The number of rotatable bonds is 1. The molecule has 0 saturated carbocycles. The lowest BCUT2D eigenvalue weighted by Crippen LogP contribution is -1.64. The second kappa shape index (κ2) is 2.44. The monoisotopic (exact) mass is 241 g/mol. The largest absolute Gasteiger partial charge is 0.274 e. The predicted molar refractivity (Wildman–Crippen MR) is 38.1 cm³/mol. The van der Waals surface area contributed by atoms with E-state index >= 15 is 0 Å². The maximum absolute atomic E-state index is 9.67. The second-order valence-electron chi connectivity index (χ2n) is 0.929. The minimum Gasteiger partial charge on any atom is -0.142 e. The molecule has 0 aliphatic heterocycles. The van der Waals surface area contributed by atoms with E-state index in [0.717, 1.165) is 3.01 Å². The van der Waals surface area contributed by atoms with Gasteiger partial charge in [0.1, 0.15) is 0 Å². The summed E-state index contributed by atoms with van der Waals surface area (Å²) in [6.07, 6.45) is 0. The fourth-order valence-electron chi connectivity index (χ4n) is 0.235. The summed E-state index contributed by atoms with van der Waals surface area (Å²) in [5.41, 5.74) is 0. The Labute approximate surface area is 62.4 Å². The molecule has 0 aromatic carbocycles. The zero-order valence-corrected chi connectivity index (χ0v) is 6.51. The van der Waals surface area contributed by atoms with E-state index in [4.69, 9.17) is 0 Å². The van der Waals surface area contributed by atoms with Crippen LogP contribution in [0.3, 0.4) is 0 Å². The van der Waals surface area contributed by atoms with E-state index in [1.165, 1.54) is 11.3 Å². The molecule has 0 atom stereocenters. The zero-order chi connectivity index (χ0) is 5.98. The van der Waals surface area contributed by atoms with Gasteiger partial charge in [-0.25, -0.2) is 0 Å². The molecule has 0 aliphatic rings. The van der Waals surface area contributed by atoms with Gasteiger partial charge in [-0.15, -0.1) is 15.1 Å². The number of nitrogens with zero attached hydrogens (tertiary/aromatic N) is 3. The van der Waals surface area contributed by atoms with Gasteiger partial charge in [-0.3, -0.25) is 0 Å². The molecule has 0 unspecified atom stereocenters. The van der Waals surface area contributed by atoms with Crippen molar-refractivity contribution in [3.05, 3.63) is 7.92 Å². The van der Waals surface area contributed by atoms with Crippen LogP contribution >= 0.6 is 33.9 Å². The third-order valence-corrected chi connectivity index (χ3v) is 1.93. The molecule has 1 aromatic heterocycles. The summed E-state index contributed by atoms with van der Waals surface area (Å²) in [5, 5.41) is 9.74. The molecule has 0 spiro atoms. The van der Waals surface area contributed by atoms with Crippen LogP contribution in [-0.4, -0.2) is 10.2 Å². The van der Waals surface area contributed by atoms with Gasteiger partial charge < -0.3 is 0 Å². The van der Waals surface area contributed by atoms with Crippen LogP contribution in [0.1, 0.15) is 0 Å². The Balaban J connectivity index is 3.00. The highest BCUT2D eigenvalue weighted by Crippen LogP contribution is 2.18. The van der Waals surface area contributed by atoms with E-state index in [2.05, 4.69) is 15.4 Å². The fraction of sp³-hybridized carbons (Fsp3) is 0. The summed E-state index contributed by atoms with van der Waals surface area (Å²) in [5.74, 6) is 0. The molecule has 1 aromatic rings. The van der Waals surface area contributed by atoms with Crippen LogP contribution < -0.4 is 0 Å². The van der Waals surface area contributed by atoms with Gasteiger partial charge in [0.25, 0.3) is 5.13 Å². The van der Waals surface area contributed by atoms with Gasteiger partial charge in [0.05, 0.1) is 0 Å². The van der Waals surface area contributed by atoms with Gasteiger partial charge in [-0.05, 0) is 22.6 Å². The van der Waals surface area contributed by atoms with Gasteiger partial charge in [0, 0.05) is 5.18 Å². The summed E-state index contributed by atoms with van der Waals surface area (Å²) >= 11 is 3.14. The number of nitroso groups, excluding NO2 is 1. The molecule has 0 radical (unpaired) electrons. The maximum atomic E-state index is 9.67. The third kappa shape index (κ3) is 1.19. The van der Waals surface area contributed by atoms with Gasteiger partial charge in [0.2, 0.25) is 0 Å². The lowest BCUT2D eigenvalue weighted by atomic mass is 11.3. The van der Waals surface area contributed by atoms with Gasteiger partial charge >= 0.3 is 0 Å². The first-order chi connectivity index (χ1) is 3.83. The molecule has 0 amide bonds. The van der Waals surface area contributed by atoms with E-state index in [1.54, 1.807) is 0 Å². The Morgan fingerprint density at radius 3 is 2.62 bits per heavy atom. The Hall–Kier alpha value is -0.110. The first-order valence-corrected chi connectivity index (χ1v) is 3.55. The van der Waals surface area contributed by atoms with Crippen molar-refractivity contribution in [2.75, 3.05) is 0 Å². The van der Waals surface area contributed by atoms with Crippen molar-refractivity contribution in [2.45, 2.75) is 0 Å². The van der Waals surface area contributed by atoms with Crippen LogP contribution in [0.2, 0.25) is 0 Å². The first kappa shape index (κ1) is 6.02. The molecule has 6 heteroatoms. The number of halogens is 1. The Morgan fingerprint density at radius 1 is 1.62 bits per heavy atom. The molecule has 0 N–H and O–H groups in total. The highest BCUT2D eigenvalue weighted by molar-refractivity contribution is 14.1. The highest BCUT2D eigenvalue weighted by atomic mass is 127. The van der Waals surface area contributed by atoms with Crippen molar-refractivity contribution in [3.8, 4) is 0 Å². The van der Waals surface area contributed by atoms with Crippen molar-refractivity contribution in [1.82, 2.24) is 10.2 Å². The van der Waals surface area contributed by atoms with Crippen molar-refractivity contribution in [3.63, 3.8) is 0 Å². The molecule has 0 fully saturated rings. The van der Waals surface area contributed by atoms with E-state index in [9.17, 15) is 4.91 Å². The molecule has 0 bridgehead atoms. The van der Waals surface area contributed by atoms with E-state index in [0.29, 0.717) is 0 Å². The molecule has 4 nitrogen and oxygen atoms in total. The van der Waals surface area contributed by atoms with Gasteiger partial charge in [-0.2, -0.15) is 0 Å². The zero-order valence-electron chi connectivity index (χ0n) is 3.54. The van der Waals surface area contributed by atoms with Gasteiger partial charge in [-0.1, -0.05) is 11.3 Å². The van der Waals surface area contributed by atoms with Crippen molar-refractivity contribution in [2.24, 2.45) is 5.18 Å². The van der Waals surface area contributed by atoms with Crippen LogP contribution in [0.4, 0.5) is 5.13 Å².